The van der Waals surface area contributed by atoms with Gasteiger partial charge in [-0.15, -0.1) is 6.58 Å². The van der Waals surface area contributed by atoms with E-state index >= 15 is 0 Å². The van der Waals surface area contributed by atoms with Crippen molar-refractivity contribution < 1.29 is 24.8 Å². The van der Waals surface area contributed by atoms with Crippen molar-refractivity contribution in [3.05, 3.63) is 12.7 Å². The van der Waals surface area contributed by atoms with Gasteiger partial charge in [0.25, 0.3) is 0 Å². The molecule has 5 heteroatoms. The van der Waals surface area contributed by atoms with Crippen LogP contribution < -0.4 is 0 Å². The van der Waals surface area contributed by atoms with E-state index < -0.39 is 31.0 Å². The Morgan fingerprint density at radius 2 is 1.39 bits per heavy atom. The molecule has 4 atom stereocenters. The highest BCUT2D eigenvalue weighted by atomic mass is 16.6. The molecule has 0 aromatic rings. The first-order valence-corrected chi connectivity index (χ1v) is 11.5. The summed E-state index contributed by atoms with van der Waals surface area (Å²) in [4.78, 5) is 0. The molecule has 1 aliphatic rings. The maximum absolute atomic E-state index is 10.1. The monoisotopic (exact) mass is 400 g/mol. The van der Waals surface area contributed by atoms with E-state index in [4.69, 9.17) is 14.6 Å². The molecule has 1 heterocycles. The van der Waals surface area contributed by atoms with Crippen LogP contribution in [0.3, 0.4) is 0 Å². The summed E-state index contributed by atoms with van der Waals surface area (Å²) >= 11 is 0. The smallest absolute Gasteiger partial charge is 0.114 e. The van der Waals surface area contributed by atoms with Crippen LogP contribution >= 0.6 is 0 Å². The van der Waals surface area contributed by atoms with E-state index in [-0.39, 0.29) is 6.61 Å². The summed E-state index contributed by atoms with van der Waals surface area (Å²) in [6.45, 7) is 4.23. The van der Waals surface area contributed by atoms with E-state index in [1.54, 1.807) is 0 Å². The third-order valence-corrected chi connectivity index (χ3v) is 5.62. The van der Waals surface area contributed by atoms with Crippen molar-refractivity contribution >= 4 is 0 Å². The molecule has 0 radical (unpaired) electrons. The molecule has 166 valence electrons. The van der Waals surface area contributed by atoms with Gasteiger partial charge in [-0.05, 0) is 19.3 Å². The van der Waals surface area contributed by atoms with Crippen molar-refractivity contribution in [2.24, 2.45) is 0 Å². The Bertz CT molecular complexity index is 363. The summed E-state index contributed by atoms with van der Waals surface area (Å²) in [5.74, 6) is 0. The fourth-order valence-corrected chi connectivity index (χ4v) is 3.77. The molecule has 0 aromatic heterocycles. The topological polar surface area (TPSA) is 79.2 Å². The molecule has 1 fully saturated rings. The maximum Gasteiger partial charge on any atom is 0.114 e. The lowest BCUT2D eigenvalue weighted by molar-refractivity contribution is -0.0730. The molecule has 0 unspecified atom stereocenters. The van der Waals surface area contributed by atoms with Gasteiger partial charge in [-0.3, -0.25) is 0 Å². The maximum atomic E-state index is 10.1. The molecule has 0 aliphatic carbocycles. The highest BCUT2D eigenvalue weighted by Gasteiger charge is 2.40. The first-order chi connectivity index (χ1) is 13.7. The van der Waals surface area contributed by atoms with Crippen molar-refractivity contribution in [3.8, 4) is 0 Å². The van der Waals surface area contributed by atoms with Crippen molar-refractivity contribution in [2.45, 2.75) is 114 Å². The number of allylic oxidation sites excluding steroid dienone is 1. The first-order valence-electron chi connectivity index (χ1n) is 11.5. The minimum absolute atomic E-state index is 0.276. The third-order valence-electron chi connectivity index (χ3n) is 5.62. The van der Waals surface area contributed by atoms with Crippen molar-refractivity contribution in [3.63, 3.8) is 0 Å². The number of rotatable bonds is 19. The second-order valence-corrected chi connectivity index (χ2v) is 8.12. The number of hydrogen-bond acceptors (Lipinski definition) is 5. The van der Waals surface area contributed by atoms with Crippen LogP contribution in [0.15, 0.2) is 12.7 Å². The molecule has 5 nitrogen and oxygen atoms in total. The van der Waals surface area contributed by atoms with Gasteiger partial charge < -0.3 is 24.8 Å². The Morgan fingerprint density at radius 3 is 1.89 bits per heavy atom. The fraction of sp³-hybridized carbons (Fsp3) is 0.913. The highest BCUT2D eigenvalue weighted by Crippen LogP contribution is 2.20. The minimum atomic E-state index is -1.05. The zero-order chi connectivity index (χ0) is 20.5. The minimum Gasteiger partial charge on any atom is -0.394 e. The Hall–Kier alpha value is -0.460. The van der Waals surface area contributed by atoms with Gasteiger partial charge in [0.1, 0.15) is 24.4 Å². The molecular formula is C23H44O5. The molecule has 3 N–H and O–H groups in total. The SMILES string of the molecule is C=CCCCCCCCCCCCCCCCO[C@@H]1CO[C@H]([C@@H](O)CO)[C@@H]1O. The van der Waals surface area contributed by atoms with Crippen LogP contribution in [0.1, 0.15) is 89.9 Å². The zero-order valence-electron chi connectivity index (χ0n) is 17.8. The van der Waals surface area contributed by atoms with E-state index in [1.807, 2.05) is 6.08 Å². The zero-order valence-corrected chi connectivity index (χ0v) is 17.8. The van der Waals surface area contributed by atoms with E-state index in [2.05, 4.69) is 6.58 Å². The van der Waals surface area contributed by atoms with E-state index in [0.717, 1.165) is 19.3 Å². The fourth-order valence-electron chi connectivity index (χ4n) is 3.77. The van der Waals surface area contributed by atoms with Crippen LogP contribution in [-0.2, 0) is 9.47 Å². The predicted octanol–water partition coefficient (Wildman–Crippen LogP) is 4.13. The third kappa shape index (κ3) is 11.5. The van der Waals surface area contributed by atoms with Gasteiger partial charge >= 0.3 is 0 Å². The lowest BCUT2D eigenvalue weighted by Gasteiger charge is -2.20. The molecule has 1 aliphatic heterocycles. The largest absolute Gasteiger partial charge is 0.394 e. The van der Waals surface area contributed by atoms with Crippen LogP contribution in [0.5, 0.6) is 0 Å². The van der Waals surface area contributed by atoms with Gasteiger partial charge in [-0.1, -0.05) is 76.7 Å². The summed E-state index contributed by atoms with van der Waals surface area (Å²) in [5, 5.41) is 28.6. The molecule has 1 saturated heterocycles. The Balaban J connectivity index is 1.81. The Kier molecular flexibility index (Phi) is 15.9. The molecule has 0 saturated carbocycles. The van der Waals surface area contributed by atoms with E-state index in [0.29, 0.717) is 6.61 Å². The second-order valence-electron chi connectivity index (χ2n) is 8.12. The summed E-state index contributed by atoms with van der Waals surface area (Å²) in [6, 6.07) is 0. The lowest BCUT2D eigenvalue weighted by atomic mass is 10.0. The molecular weight excluding hydrogens is 356 g/mol. The van der Waals surface area contributed by atoms with Gasteiger partial charge in [-0.25, -0.2) is 0 Å². The van der Waals surface area contributed by atoms with Gasteiger partial charge in [0.2, 0.25) is 0 Å². The van der Waals surface area contributed by atoms with Crippen molar-refractivity contribution in [1.29, 1.82) is 0 Å². The van der Waals surface area contributed by atoms with Crippen LogP contribution in [-0.4, -0.2) is 59.6 Å². The molecule has 0 bridgehead atoms. The summed E-state index contributed by atoms with van der Waals surface area (Å²) in [5.41, 5.74) is 0. The second kappa shape index (κ2) is 17.4. The number of aliphatic hydroxyl groups excluding tert-OH is 3. The van der Waals surface area contributed by atoms with E-state index in [9.17, 15) is 10.2 Å². The van der Waals surface area contributed by atoms with Gasteiger partial charge in [-0.2, -0.15) is 0 Å². The molecule has 0 amide bonds. The molecule has 0 aromatic carbocycles. The molecule has 1 rings (SSSR count). The van der Waals surface area contributed by atoms with Crippen molar-refractivity contribution in [1.82, 2.24) is 0 Å². The van der Waals surface area contributed by atoms with Gasteiger partial charge in [0.15, 0.2) is 0 Å². The number of ether oxygens (including phenoxy) is 2. The summed E-state index contributed by atoms with van der Waals surface area (Å²) in [6.07, 6.45) is 17.0. The number of hydrogen-bond donors (Lipinski definition) is 3. The quantitative estimate of drug-likeness (QED) is 0.224. The first kappa shape index (κ1) is 25.6. The van der Waals surface area contributed by atoms with Crippen LogP contribution in [0.25, 0.3) is 0 Å². The Morgan fingerprint density at radius 1 is 0.893 bits per heavy atom. The average Bonchev–Trinajstić information content (AvgIpc) is 3.07. The predicted molar refractivity (Wildman–Crippen MR) is 113 cm³/mol. The number of unbranched alkanes of at least 4 members (excludes halogenated alkanes) is 13. The Labute approximate surface area is 172 Å². The van der Waals surface area contributed by atoms with Crippen LogP contribution in [0, 0.1) is 0 Å². The summed E-state index contributed by atoms with van der Waals surface area (Å²) in [7, 11) is 0. The van der Waals surface area contributed by atoms with Gasteiger partial charge in [0.05, 0.1) is 13.2 Å². The molecule has 28 heavy (non-hydrogen) atoms. The van der Waals surface area contributed by atoms with Gasteiger partial charge in [0, 0.05) is 6.61 Å². The van der Waals surface area contributed by atoms with E-state index in [1.165, 1.54) is 70.6 Å². The standard InChI is InChI=1S/C23H44O5/c1-2-3-4-5-6-7-8-9-10-11-12-13-14-15-16-17-27-21-19-28-23(22(21)26)20(25)18-24/h2,20-26H,1,3-19H2/t20-,21+,22+,23+/m0/s1. The lowest BCUT2D eigenvalue weighted by Crippen LogP contribution is -2.41. The van der Waals surface area contributed by atoms with Crippen molar-refractivity contribution in [2.75, 3.05) is 19.8 Å². The van der Waals surface area contributed by atoms with Crippen LogP contribution in [0.4, 0.5) is 0 Å². The average molecular weight is 401 g/mol. The normalized spacial score (nSPS) is 23.2. The van der Waals surface area contributed by atoms with Crippen LogP contribution in [0.2, 0.25) is 0 Å². The summed E-state index contributed by atoms with van der Waals surface area (Å²) < 4.78 is 11.0. The molecule has 0 spiro atoms. The highest BCUT2D eigenvalue weighted by molar-refractivity contribution is 4.88. The number of aliphatic hydroxyl groups is 3.